The Morgan fingerprint density at radius 2 is 2.00 bits per heavy atom. The Bertz CT molecular complexity index is 835. The maximum atomic E-state index is 12.5. The smallest absolute Gasteiger partial charge is 0.387 e. The molecular formula is C19H21F2N5O2. The molecule has 0 unspecified atom stereocenters. The summed E-state index contributed by atoms with van der Waals surface area (Å²) < 4.78 is 29.6. The highest BCUT2D eigenvalue weighted by atomic mass is 19.3. The van der Waals surface area contributed by atoms with E-state index in [4.69, 9.17) is 0 Å². The van der Waals surface area contributed by atoms with Crippen molar-refractivity contribution in [2.75, 3.05) is 10.6 Å². The molecule has 1 aromatic carbocycles. The van der Waals surface area contributed by atoms with Gasteiger partial charge in [0.25, 0.3) is 0 Å². The van der Waals surface area contributed by atoms with E-state index in [1.54, 1.807) is 18.2 Å². The van der Waals surface area contributed by atoms with Crippen LogP contribution in [0.4, 0.5) is 20.5 Å². The molecule has 0 radical (unpaired) electrons. The van der Waals surface area contributed by atoms with Crippen molar-refractivity contribution < 1.29 is 18.6 Å². The molecule has 1 saturated carbocycles. The van der Waals surface area contributed by atoms with Gasteiger partial charge in [0, 0.05) is 18.2 Å². The standard InChI is InChI=1S/C19H21F2N5O2/c20-18(21)28-16-4-2-1-3-12(16)10-23-19-24-11-13(9-22)17(26-19)25-14-5-7-15(27)8-6-14/h1-4,11,14-15,18,27H,5-8,10H2,(H2,23,24,25,26)/t14-,15+. The first-order chi connectivity index (χ1) is 13.5. The van der Waals surface area contributed by atoms with Crippen LogP contribution in [0.3, 0.4) is 0 Å². The van der Waals surface area contributed by atoms with Crippen LogP contribution < -0.4 is 15.4 Å². The van der Waals surface area contributed by atoms with Gasteiger partial charge in [0.2, 0.25) is 5.95 Å². The number of alkyl halides is 2. The minimum atomic E-state index is -2.91. The van der Waals surface area contributed by atoms with Gasteiger partial charge in [0.05, 0.1) is 12.3 Å². The molecule has 0 amide bonds. The molecule has 148 valence electrons. The van der Waals surface area contributed by atoms with Crippen LogP contribution in [0.25, 0.3) is 0 Å². The van der Waals surface area contributed by atoms with Crippen LogP contribution in [0.15, 0.2) is 30.5 Å². The van der Waals surface area contributed by atoms with Crippen LogP contribution in [0.1, 0.15) is 36.8 Å². The van der Waals surface area contributed by atoms with E-state index in [0.29, 0.717) is 29.8 Å². The van der Waals surface area contributed by atoms with Gasteiger partial charge in [-0.15, -0.1) is 0 Å². The third-order valence-electron chi connectivity index (χ3n) is 4.57. The topological polar surface area (TPSA) is 103 Å². The second kappa shape index (κ2) is 9.28. The first-order valence-corrected chi connectivity index (χ1v) is 9.03. The number of rotatable bonds is 7. The summed E-state index contributed by atoms with van der Waals surface area (Å²) in [5, 5.41) is 25.1. The van der Waals surface area contributed by atoms with Gasteiger partial charge in [-0.25, -0.2) is 4.98 Å². The Morgan fingerprint density at radius 3 is 2.71 bits per heavy atom. The van der Waals surface area contributed by atoms with Gasteiger partial charge in [-0.2, -0.15) is 19.0 Å². The van der Waals surface area contributed by atoms with Crippen LogP contribution >= 0.6 is 0 Å². The summed E-state index contributed by atoms with van der Waals surface area (Å²) in [6.45, 7) is -2.72. The van der Waals surface area contributed by atoms with E-state index in [1.807, 2.05) is 0 Å². The number of nitrogens with one attached hydrogen (secondary N) is 2. The number of halogens is 2. The lowest BCUT2D eigenvalue weighted by atomic mass is 9.93. The number of para-hydroxylation sites is 1. The predicted molar refractivity (Wildman–Crippen MR) is 99.0 cm³/mol. The Morgan fingerprint density at radius 1 is 1.25 bits per heavy atom. The molecule has 9 heteroatoms. The number of aromatic nitrogens is 2. The SMILES string of the molecule is N#Cc1cnc(NCc2ccccc2OC(F)F)nc1N[C@H]1CC[C@@H](O)CC1. The van der Waals surface area contributed by atoms with Gasteiger partial charge in [-0.05, 0) is 31.7 Å². The first-order valence-electron chi connectivity index (χ1n) is 9.03. The maximum absolute atomic E-state index is 12.5. The van der Waals surface area contributed by atoms with Crippen molar-refractivity contribution in [2.24, 2.45) is 0 Å². The van der Waals surface area contributed by atoms with Gasteiger partial charge in [-0.3, -0.25) is 0 Å². The molecule has 1 aliphatic carbocycles. The number of hydrogen-bond donors (Lipinski definition) is 3. The summed E-state index contributed by atoms with van der Waals surface area (Å²) in [4.78, 5) is 8.46. The number of hydrogen-bond acceptors (Lipinski definition) is 7. The van der Waals surface area contributed by atoms with Crippen molar-refractivity contribution in [2.45, 2.75) is 51.0 Å². The summed E-state index contributed by atoms with van der Waals surface area (Å²) in [5.41, 5.74) is 0.852. The van der Waals surface area contributed by atoms with E-state index >= 15 is 0 Å². The number of anilines is 2. The average molecular weight is 389 g/mol. The molecule has 0 bridgehead atoms. The van der Waals surface area contributed by atoms with E-state index in [9.17, 15) is 19.1 Å². The molecule has 28 heavy (non-hydrogen) atoms. The molecule has 0 atom stereocenters. The molecule has 1 aromatic heterocycles. The fraction of sp³-hybridized carbons (Fsp3) is 0.421. The van der Waals surface area contributed by atoms with Crippen LogP contribution in [0.2, 0.25) is 0 Å². The van der Waals surface area contributed by atoms with Crippen molar-refractivity contribution in [1.82, 2.24) is 9.97 Å². The van der Waals surface area contributed by atoms with Gasteiger partial charge in [0.1, 0.15) is 23.2 Å². The minimum Gasteiger partial charge on any atom is -0.434 e. The third-order valence-corrected chi connectivity index (χ3v) is 4.57. The van der Waals surface area contributed by atoms with Crippen LogP contribution in [-0.2, 0) is 6.54 Å². The summed E-state index contributed by atoms with van der Waals surface area (Å²) in [6, 6.07) is 8.65. The highest BCUT2D eigenvalue weighted by molar-refractivity contribution is 5.54. The lowest BCUT2D eigenvalue weighted by Gasteiger charge is -2.26. The molecule has 1 fully saturated rings. The third kappa shape index (κ3) is 5.27. The van der Waals surface area contributed by atoms with Crippen molar-refractivity contribution in [3.63, 3.8) is 0 Å². The number of nitriles is 1. The van der Waals surface area contributed by atoms with Crippen LogP contribution in [0.5, 0.6) is 5.75 Å². The number of benzene rings is 1. The second-order valence-electron chi connectivity index (χ2n) is 6.56. The van der Waals surface area contributed by atoms with Gasteiger partial charge < -0.3 is 20.5 Å². The van der Waals surface area contributed by atoms with Crippen molar-refractivity contribution in [3.8, 4) is 11.8 Å². The van der Waals surface area contributed by atoms with E-state index in [2.05, 4.69) is 31.4 Å². The summed E-state index contributed by atoms with van der Waals surface area (Å²) in [7, 11) is 0. The predicted octanol–water partition coefficient (Wildman–Crippen LogP) is 3.28. The van der Waals surface area contributed by atoms with Gasteiger partial charge in [-0.1, -0.05) is 18.2 Å². The van der Waals surface area contributed by atoms with E-state index in [1.165, 1.54) is 12.3 Å². The normalized spacial score (nSPS) is 19.1. The molecule has 1 aliphatic rings. The lowest BCUT2D eigenvalue weighted by molar-refractivity contribution is -0.0504. The quantitative estimate of drug-likeness (QED) is 0.668. The zero-order valence-corrected chi connectivity index (χ0v) is 15.1. The van der Waals surface area contributed by atoms with Gasteiger partial charge in [0.15, 0.2) is 0 Å². The Labute approximate surface area is 161 Å². The summed E-state index contributed by atoms with van der Waals surface area (Å²) in [5.74, 6) is 0.764. The molecule has 2 aromatic rings. The molecule has 1 heterocycles. The number of nitrogens with zero attached hydrogens (tertiary/aromatic N) is 3. The zero-order valence-electron chi connectivity index (χ0n) is 15.1. The van der Waals surface area contributed by atoms with Gasteiger partial charge >= 0.3 is 6.61 Å². The zero-order chi connectivity index (χ0) is 19.9. The van der Waals surface area contributed by atoms with Crippen molar-refractivity contribution in [3.05, 3.63) is 41.6 Å². The number of ether oxygens (including phenoxy) is 1. The second-order valence-corrected chi connectivity index (χ2v) is 6.56. The number of aliphatic hydroxyl groups excluding tert-OH is 1. The minimum absolute atomic E-state index is 0.0813. The fourth-order valence-corrected chi connectivity index (χ4v) is 3.11. The Balaban J connectivity index is 1.69. The van der Waals surface area contributed by atoms with Crippen molar-refractivity contribution >= 4 is 11.8 Å². The molecular weight excluding hydrogens is 368 g/mol. The molecule has 0 saturated heterocycles. The first kappa shape index (κ1) is 19.8. The average Bonchev–Trinajstić information content (AvgIpc) is 2.69. The maximum Gasteiger partial charge on any atom is 0.387 e. The molecule has 7 nitrogen and oxygen atoms in total. The molecule has 0 aliphatic heterocycles. The summed E-state index contributed by atoms with van der Waals surface area (Å²) >= 11 is 0. The highest BCUT2D eigenvalue weighted by Crippen LogP contribution is 2.24. The molecule has 0 spiro atoms. The molecule has 3 N–H and O–H groups in total. The Kier molecular flexibility index (Phi) is 6.55. The lowest BCUT2D eigenvalue weighted by Crippen LogP contribution is -2.29. The number of aliphatic hydroxyl groups is 1. The van der Waals surface area contributed by atoms with E-state index < -0.39 is 6.61 Å². The fourth-order valence-electron chi connectivity index (χ4n) is 3.11. The van der Waals surface area contributed by atoms with E-state index in [0.717, 1.165) is 12.8 Å². The summed E-state index contributed by atoms with van der Waals surface area (Å²) in [6.07, 6.45) is 4.13. The highest BCUT2D eigenvalue weighted by Gasteiger charge is 2.21. The van der Waals surface area contributed by atoms with E-state index in [-0.39, 0.29) is 30.4 Å². The van der Waals surface area contributed by atoms with Crippen molar-refractivity contribution in [1.29, 1.82) is 5.26 Å². The van der Waals surface area contributed by atoms with Crippen LogP contribution in [0, 0.1) is 11.3 Å². The monoisotopic (exact) mass is 389 g/mol. The largest absolute Gasteiger partial charge is 0.434 e. The Hall–Kier alpha value is -2.99. The molecule has 3 rings (SSSR count). The van der Waals surface area contributed by atoms with Crippen LogP contribution in [-0.4, -0.2) is 33.8 Å².